The topological polar surface area (TPSA) is 50.4 Å². The van der Waals surface area contributed by atoms with Gasteiger partial charge in [0.15, 0.2) is 5.11 Å². The minimum Gasteiger partial charge on any atom is -0.465 e. The summed E-state index contributed by atoms with van der Waals surface area (Å²) in [6.45, 7) is 4.34. The number of methoxy groups -OCH3 is 1. The molecule has 3 rings (SSSR count). The molecule has 1 heterocycles. The maximum atomic E-state index is 12.4. The molecule has 1 aliphatic carbocycles. The summed E-state index contributed by atoms with van der Waals surface area (Å²) in [5.41, 5.74) is 4.00. The van der Waals surface area contributed by atoms with Gasteiger partial charge in [0.1, 0.15) is 5.00 Å². The lowest BCUT2D eigenvalue weighted by Crippen LogP contribution is -2.20. The number of thiocarbonyl (C=S) groups is 1. The molecule has 0 saturated heterocycles. The van der Waals surface area contributed by atoms with Crippen LogP contribution in [0.2, 0.25) is 0 Å². The highest BCUT2D eigenvalue weighted by Crippen LogP contribution is 2.38. The van der Waals surface area contributed by atoms with Crippen LogP contribution in [0.3, 0.4) is 0 Å². The Morgan fingerprint density at radius 3 is 2.48 bits per heavy atom. The number of esters is 1. The molecular formula is C21H26N2O2S2. The van der Waals surface area contributed by atoms with Crippen molar-refractivity contribution < 1.29 is 9.53 Å². The molecule has 144 valence electrons. The minimum absolute atomic E-state index is 0.291. The fraction of sp³-hybridized carbons (Fsp3) is 0.429. The number of thiophene rings is 1. The van der Waals surface area contributed by atoms with Gasteiger partial charge in [0.25, 0.3) is 0 Å². The summed E-state index contributed by atoms with van der Waals surface area (Å²) in [5.74, 6) is 0.203. The molecule has 0 unspecified atom stereocenters. The van der Waals surface area contributed by atoms with Crippen molar-refractivity contribution in [2.45, 2.75) is 51.9 Å². The molecule has 1 aromatic carbocycles. The number of benzene rings is 1. The molecule has 1 aromatic heterocycles. The second kappa shape index (κ2) is 8.85. The molecule has 0 bridgehead atoms. The fourth-order valence-electron chi connectivity index (χ4n) is 3.37. The van der Waals surface area contributed by atoms with Crippen LogP contribution in [0, 0.1) is 0 Å². The zero-order chi connectivity index (χ0) is 19.4. The molecule has 1 aliphatic rings. The zero-order valence-electron chi connectivity index (χ0n) is 16.1. The number of hydrogen-bond donors (Lipinski definition) is 2. The Labute approximate surface area is 170 Å². The van der Waals surface area contributed by atoms with Crippen LogP contribution in [0.15, 0.2) is 24.3 Å². The van der Waals surface area contributed by atoms with Gasteiger partial charge in [-0.15, -0.1) is 11.3 Å². The highest BCUT2D eigenvalue weighted by Gasteiger charge is 2.25. The van der Waals surface area contributed by atoms with E-state index in [1.54, 1.807) is 11.3 Å². The largest absolute Gasteiger partial charge is 0.465 e. The van der Waals surface area contributed by atoms with Crippen LogP contribution in [0.5, 0.6) is 0 Å². The van der Waals surface area contributed by atoms with Crippen molar-refractivity contribution in [2.24, 2.45) is 0 Å². The highest BCUT2D eigenvalue weighted by molar-refractivity contribution is 7.80. The third-order valence-corrected chi connectivity index (χ3v) is 6.28. The SMILES string of the molecule is COC(=O)c1c(NC(=S)Nc2ccc(C(C)C)cc2)sc2c1CCCCC2. The lowest BCUT2D eigenvalue weighted by atomic mass is 10.0. The number of fused-ring (bicyclic) bond motifs is 1. The maximum absolute atomic E-state index is 12.4. The normalized spacial score (nSPS) is 13.6. The van der Waals surface area contributed by atoms with E-state index in [1.165, 1.54) is 30.4 Å². The van der Waals surface area contributed by atoms with E-state index >= 15 is 0 Å². The quantitative estimate of drug-likeness (QED) is 0.388. The molecule has 4 nitrogen and oxygen atoms in total. The van der Waals surface area contributed by atoms with Crippen LogP contribution < -0.4 is 10.6 Å². The van der Waals surface area contributed by atoms with Gasteiger partial charge in [-0.3, -0.25) is 0 Å². The number of rotatable bonds is 4. The van der Waals surface area contributed by atoms with Crippen molar-refractivity contribution >= 4 is 45.3 Å². The molecule has 0 saturated carbocycles. The van der Waals surface area contributed by atoms with Gasteiger partial charge in [0.2, 0.25) is 0 Å². The van der Waals surface area contributed by atoms with E-state index in [9.17, 15) is 4.79 Å². The van der Waals surface area contributed by atoms with Crippen LogP contribution in [0.25, 0.3) is 0 Å². The van der Waals surface area contributed by atoms with E-state index in [0.29, 0.717) is 16.6 Å². The smallest absolute Gasteiger partial charge is 0.341 e. The van der Waals surface area contributed by atoms with Gasteiger partial charge in [0, 0.05) is 10.6 Å². The maximum Gasteiger partial charge on any atom is 0.341 e. The number of nitrogens with one attached hydrogen (secondary N) is 2. The lowest BCUT2D eigenvalue weighted by molar-refractivity contribution is 0.0601. The summed E-state index contributed by atoms with van der Waals surface area (Å²) in [6.07, 6.45) is 5.42. The van der Waals surface area contributed by atoms with Crippen molar-refractivity contribution in [1.82, 2.24) is 0 Å². The first-order chi connectivity index (χ1) is 13.0. The third kappa shape index (κ3) is 4.68. The average Bonchev–Trinajstić information content (AvgIpc) is 2.82. The van der Waals surface area contributed by atoms with Crippen molar-refractivity contribution in [2.75, 3.05) is 17.7 Å². The number of hydrogen-bond acceptors (Lipinski definition) is 4. The van der Waals surface area contributed by atoms with Gasteiger partial charge in [-0.1, -0.05) is 32.4 Å². The highest BCUT2D eigenvalue weighted by atomic mass is 32.1. The standard InChI is InChI=1S/C21H26N2O2S2/c1-13(2)14-9-11-15(12-10-14)22-21(26)23-19-18(20(24)25-3)16-7-5-4-6-8-17(16)27-19/h9-13H,4-8H2,1-3H3,(H2,22,23,26). The van der Waals surface area contributed by atoms with Crippen LogP contribution >= 0.6 is 23.6 Å². The number of aryl methyl sites for hydroxylation is 1. The first-order valence-electron chi connectivity index (χ1n) is 9.40. The van der Waals surface area contributed by atoms with Crippen LogP contribution in [0.1, 0.15) is 65.4 Å². The summed E-state index contributed by atoms with van der Waals surface area (Å²) in [4.78, 5) is 13.7. The summed E-state index contributed by atoms with van der Waals surface area (Å²) in [5, 5.41) is 7.70. The van der Waals surface area contributed by atoms with E-state index in [4.69, 9.17) is 17.0 Å². The van der Waals surface area contributed by atoms with Gasteiger partial charge in [-0.25, -0.2) is 4.79 Å². The molecule has 27 heavy (non-hydrogen) atoms. The molecule has 0 fully saturated rings. The molecule has 6 heteroatoms. The lowest BCUT2D eigenvalue weighted by Gasteiger charge is -2.12. The molecule has 0 spiro atoms. The molecule has 0 amide bonds. The van der Waals surface area contributed by atoms with E-state index < -0.39 is 0 Å². The molecule has 0 aliphatic heterocycles. The predicted octanol–water partition coefficient (Wildman–Crippen LogP) is 5.74. The van der Waals surface area contributed by atoms with Crippen LogP contribution in [-0.2, 0) is 17.6 Å². The van der Waals surface area contributed by atoms with E-state index in [1.807, 2.05) is 12.1 Å². The van der Waals surface area contributed by atoms with Gasteiger partial charge < -0.3 is 15.4 Å². The molecular weight excluding hydrogens is 376 g/mol. The van der Waals surface area contributed by atoms with Crippen molar-refractivity contribution in [3.05, 3.63) is 45.8 Å². The van der Waals surface area contributed by atoms with E-state index in [0.717, 1.165) is 35.5 Å². The van der Waals surface area contributed by atoms with Gasteiger partial charge in [-0.2, -0.15) is 0 Å². The second-order valence-corrected chi connectivity index (χ2v) is 8.63. The van der Waals surface area contributed by atoms with E-state index in [-0.39, 0.29) is 5.97 Å². The Morgan fingerprint density at radius 1 is 1.11 bits per heavy atom. The molecule has 2 N–H and O–H groups in total. The zero-order valence-corrected chi connectivity index (χ0v) is 17.7. The average molecular weight is 403 g/mol. The Morgan fingerprint density at radius 2 is 1.81 bits per heavy atom. The first kappa shape index (κ1) is 19.8. The molecule has 2 aromatic rings. The van der Waals surface area contributed by atoms with Crippen molar-refractivity contribution in [1.29, 1.82) is 0 Å². The van der Waals surface area contributed by atoms with Crippen molar-refractivity contribution in [3.63, 3.8) is 0 Å². The number of ether oxygens (including phenoxy) is 1. The van der Waals surface area contributed by atoms with Crippen molar-refractivity contribution in [3.8, 4) is 0 Å². The van der Waals surface area contributed by atoms with Crippen LogP contribution in [-0.4, -0.2) is 18.2 Å². The van der Waals surface area contributed by atoms with Crippen LogP contribution in [0.4, 0.5) is 10.7 Å². The fourth-order valence-corrected chi connectivity index (χ4v) is 4.93. The molecule has 0 atom stereocenters. The minimum atomic E-state index is -0.291. The summed E-state index contributed by atoms with van der Waals surface area (Å²) in [6, 6.07) is 8.24. The summed E-state index contributed by atoms with van der Waals surface area (Å²) in [7, 11) is 1.43. The second-order valence-electron chi connectivity index (χ2n) is 7.12. The van der Waals surface area contributed by atoms with Gasteiger partial charge in [-0.05, 0) is 67.1 Å². The summed E-state index contributed by atoms with van der Waals surface area (Å²) < 4.78 is 5.04. The Hall–Kier alpha value is -1.92. The third-order valence-electron chi connectivity index (χ3n) is 4.87. The Balaban J connectivity index is 1.78. The first-order valence-corrected chi connectivity index (χ1v) is 10.6. The number of carbonyl (C=O) groups is 1. The summed E-state index contributed by atoms with van der Waals surface area (Å²) >= 11 is 7.11. The number of carbonyl (C=O) groups excluding carboxylic acids is 1. The van der Waals surface area contributed by atoms with Gasteiger partial charge in [0.05, 0.1) is 12.7 Å². The Kier molecular flexibility index (Phi) is 6.50. The predicted molar refractivity (Wildman–Crippen MR) is 117 cm³/mol. The monoisotopic (exact) mass is 402 g/mol. The Bertz CT molecular complexity index is 825. The van der Waals surface area contributed by atoms with E-state index in [2.05, 4.69) is 36.6 Å². The number of anilines is 2. The van der Waals surface area contributed by atoms with Gasteiger partial charge >= 0.3 is 5.97 Å². The molecule has 0 radical (unpaired) electrons.